The molecule has 0 atom stereocenters. The van der Waals surface area contributed by atoms with Gasteiger partial charge < -0.3 is 4.57 Å². The summed E-state index contributed by atoms with van der Waals surface area (Å²) in [4.78, 5) is -0.161. The molecule has 19 heavy (non-hydrogen) atoms. The summed E-state index contributed by atoms with van der Waals surface area (Å²) in [5.74, 6) is 0.387. The molecule has 0 spiro atoms. The summed E-state index contributed by atoms with van der Waals surface area (Å²) in [7, 11) is 1.42. The van der Waals surface area contributed by atoms with Crippen LogP contribution in [-0.2, 0) is 15.6 Å². The average Bonchev–Trinajstić information content (AvgIpc) is 2.70. The molecule has 0 saturated heterocycles. The Bertz CT molecular complexity index is 697. The van der Waals surface area contributed by atoms with Crippen LogP contribution in [0, 0.1) is 5.82 Å². The summed E-state index contributed by atoms with van der Waals surface area (Å²) >= 11 is 1.71. The Labute approximate surface area is 120 Å². The predicted octanol–water partition coefficient (Wildman–Crippen LogP) is 3.46. The Kier molecular flexibility index (Phi) is 4.43. The first-order valence-corrected chi connectivity index (χ1v) is 9.36. The van der Waals surface area contributed by atoms with E-state index in [-0.39, 0.29) is 10.3 Å². The normalized spacial score (nSPS) is 12.2. The second-order valence-corrected chi connectivity index (χ2v) is 7.62. The summed E-state index contributed by atoms with van der Waals surface area (Å²) in [6.45, 7) is 0.632. The van der Waals surface area contributed by atoms with Crippen molar-refractivity contribution in [2.45, 2.75) is 17.9 Å². The molecule has 0 aliphatic heterocycles. The predicted molar refractivity (Wildman–Crippen MR) is 77.9 cm³/mol. The summed E-state index contributed by atoms with van der Waals surface area (Å²) in [5.41, 5.74) is 0.556. The number of nitrogens with zero attached hydrogens (tertiary/aromatic N) is 1. The fourth-order valence-electron chi connectivity index (χ4n) is 2.02. The fourth-order valence-corrected chi connectivity index (χ4v) is 3.49. The smallest absolute Gasteiger partial charge is 0.263 e. The van der Waals surface area contributed by atoms with E-state index in [0.29, 0.717) is 12.1 Å². The van der Waals surface area contributed by atoms with E-state index in [2.05, 4.69) is 0 Å². The number of benzene rings is 1. The number of hydrogen-bond acceptors (Lipinski definition) is 3. The average molecular weight is 322 g/mol. The van der Waals surface area contributed by atoms with Crippen LogP contribution in [0.3, 0.4) is 0 Å². The van der Waals surface area contributed by atoms with Crippen molar-refractivity contribution in [2.24, 2.45) is 0 Å². The minimum atomic E-state index is -3.96. The molecule has 0 fully saturated rings. The molecular formula is C12H13ClFNO2S2. The second kappa shape index (κ2) is 5.73. The first-order chi connectivity index (χ1) is 8.95. The molecule has 0 amide bonds. The van der Waals surface area contributed by atoms with Gasteiger partial charge in [0.1, 0.15) is 10.7 Å². The van der Waals surface area contributed by atoms with Crippen LogP contribution in [-0.4, -0.2) is 25.0 Å². The molecule has 7 heteroatoms. The summed E-state index contributed by atoms with van der Waals surface area (Å²) < 4.78 is 38.6. The lowest BCUT2D eigenvalue weighted by atomic mass is 10.2. The third-order valence-corrected chi connectivity index (χ3v) is 4.86. The lowest BCUT2D eigenvalue weighted by Crippen LogP contribution is -1.97. The van der Waals surface area contributed by atoms with Gasteiger partial charge in [0.2, 0.25) is 0 Å². The molecule has 0 unspecified atom stereocenters. The van der Waals surface area contributed by atoms with E-state index in [9.17, 15) is 12.8 Å². The molecule has 2 rings (SSSR count). The Balaban J connectivity index is 2.58. The van der Waals surface area contributed by atoms with Crippen molar-refractivity contribution in [2.75, 3.05) is 12.0 Å². The van der Waals surface area contributed by atoms with Crippen LogP contribution < -0.4 is 0 Å². The van der Waals surface area contributed by atoms with Gasteiger partial charge in [-0.3, -0.25) is 0 Å². The monoisotopic (exact) mass is 321 g/mol. The first kappa shape index (κ1) is 14.7. The Hall–Kier alpha value is -0.720. The SMILES string of the molecule is CSCCCn1cc(S(=O)(=O)Cl)c2c(F)cccc21. The molecule has 0 saturated carbocycles. The van der Waals surface area contributed by atoms with Crippen LogP contribution in [0.25, 0.3) is 10.9 Å². The van der Waals surface area contributed by atoms with Crippen molar-refractivity contribution in [3.05, 3.63) is 30.2 Å². The van der Waals surface area contributed by atoms with Gasteiger partial charge in [0.15, 0.2) is 0 Å². The van der Waals surface area contributed by atoms with E-state index in [1.807, 2.05) is 6.26 Å². The number of rotatable bonds is 5. The van der Waals surface area contributed by atoms with E-state index in [4.69, 9.17) is 10.7 Å². The van der Waals surface area contributed by atoms with Gasteiger partial charge in [-0.05, 0) is 30.6 Å². The number of aromatic nitrogens is 1. The van der Waals surface area contributed by atoms with Crippen molar-refractivity contribution < 1.29 is 12.8 Å². The molecule has 2 aromatic rings. The van der Waals surface area contributed by atoms with E-state index in [0.717, 1.165) is 12.2 Å². The van der Waals surface area contributed by atoms with Gasteiger partial charge in [-0.15, -0.1) is 0 Å². The van der Waals surface area contributed by atoms with Crippen LogP contribution in [0.4, 0.5) is 4.39 Å². The molecule has 0 aliphatic carbocycles. The van der Waals surface area contributed by atoms with E-state index in [1.54, 1.807) is 28.5 Å². The molecule has 1 aromatic carbocycles. The van der Waals surface area contributed by atoms with Gasteiger partial charge in [0, 0.05) is 23.4 Å². The number of halogens is 2. The van der Waals surface area contributed by atoms with Gasteiger partial charge in [0.25, 0.3) is 9.05 Å². The lowest BCUT2D eigenvalue weighted by molar-refractivity contribution is 0.607. The van der Waals surface area contributed by atoms with Crippen molar-refractivity contribution in [3.8, 4) is 0 Å². The summed E-state index contributed by atoms with van der Waals surface area (Å²) in [5, 5.41) is 0.0710. The Morgan fingerprint density at radius 3 is 2.79 bits per heavy atom. The maximum Gasteiger partial charge on any atom is 0.263 e. The molecule has 0 radical (unpaired) electrons. The van der Waals surface area contributed by atoms with Crippen LogP contribution in [0.1, 0.15) is 6.42 Å². The fraction of sp³-hybridized carbons (Fsp3) is 0.333. The number of fused-ring (bicyclic) bond motifs is 1. The van der Waals surface area contributed by atoms with Gasteiger partial charge in [-0.1, -0.05) is 6.07 Å². The number of aryl methyl sites for hydroxylation is 1. The van der Waals surface area contributed by atoms with Crippen molar-refractivity contribution in [3.63, 3.8) is 0 Å². The summed E-state index contributed by atoms with van der Waals surface area (Å²) in [6, 6.07) is 4.50. The molecule has 104 valence electrons. The molecule has 1 heterocycles. The van der Waals surface area contributed by atoms with E-state index in [1.165, 1.54) is 12.3 Å². The van der Waals surface area contributed by atoms with Gasteiger partial charge in [-0.2, -0.15) is 11.8 Å². The molecule has 0 bridgehead atoms. The van der Waals surface area contributed by atoms with Gasteiger partial charge in [-0.25, -0.2) is 12.8 Å². The number of hydrogen-bond donors (Lipinski definition) is 0. The first-order valence-electron chi connectivity index (χ1n) is 5.66. The highest BCUT2D eigenvalue weighted by molar-refractivity contribution is 8.14. The Morgan fingerprint density at radius 1 is 1.42 bits per heavy atom. The Morgan fingerprint density at radius 2 is 2.16 bits per heavy atom. The maximum atomic E-state index is 13.8. The standard InChI is InChI=1S/C12H13ClFNO2S2/c1-18-7-3-6-15-8-11(19(13,16)17)12-9(14)4-2-5-10(12)15/h2,4-5,8H,3,6-7H2,1H3. The number of thioether (sulfide) groups is 1. The largest absolute Gasteiger partial charge is 0.346 e. The van der Waals surface area contributed by atoms with Crippen molar-refractivity contribution in [1.29, 1.82) is 0 Å². The maximum absolute atomic E-state index is 13.8. The zero-order valence-corrected chi connectivity index (χ0v) is 12.7. The van der Waals surface area contributed by atoms with Gasteiger partial charge >= 0.3 is 0 Å². The minimum Gasteiger partial charge on any atom is -0.346 e. The van der Waals surface area contributed by atoms with Crippen LogP contribution in [0.5, 0.6) is 0 Å². The third-order valence-electron chi connectivity index (χ3n) is 2.83. The zero-order valence-electron chi connectivity index (χ0n) is 10.3. The van der Waals surface area contributed by atoms with Crippen LogP contribution in [0.2, 0.25) is 0 Å². The van der Waals surface area contributed by atoms with Crippen LogP contribution >= 0.6 is 22.4 Å². The molecule has 0 aliphatic rings. The van der Waals surface area contributed by atoms with Crippen LogP contribution in [0.15, 0.2) is 29.3 Å². The van der Waals surface area contributed by atoms with Gasteiger partial charge in [0.05, 0.1) is 10.9 Å². The van der Waals surface area contributed by atoms with E-state index < -0.39 is 14.9 Å². The minimum absolute atomic E-state index is 0.0710. The topological polar surface area (TPSA) is 39.1 Å². The van der Waals surface area contributed by atoms with Crippen molar-refractivity contribution >= 4 is 42.4 Å². The lowest BCUT2D eigenvalue weighted by Gasteiger charge is -2.04. The zero-order chi connectivity index (χ0) is 14.0. The molecule has 0 N–H and O–H groups in total. The third kappa shape index (κ3) is 3.07. The second-order valence-electron chi connectivity index (χ2n) is 4.10. The van der Waals surface area contributed by atoms with E-state index >= 15 is 0 Å². The quantitative estimate of drug-likeness (QED) is 0.625. The molecule has 3 nitrogen and oxygen atoms in total. The molecular weight excluding hydrogens is 309 g/mol. The highest BCUT2D eigenvalue weighted by atomic mass is 35.7. The highest BCUT2D eigenvalue weighted by Crippen LogP contribution is 2.30. The van der Waals surface area contributed by atoms with Crippen molar-refractivity contribution in [1.82, 2.24) is 4.57 Å². The highest BCUT2D eigenvalue weighted by Gasteiger charge is 2.21. The summed E-state index contributed by atoms with van der Waals surface area (Å²) in [6.07, 6.45) is 4.29. The molecule has 1 aromatic heterocycles.